The largest absolute Gasteiger partial charge is 0.481 e. The Hall–Kier alpha value is -1.29. The van der Waals surface area contributed by atoms with Gasteiger partial charge in [-0.1, -0.05) is 0 Å². The summed E-state index contributed by atoms with van der Waals surface area (Å²) in [5.74, 6) is 0.625. The molecule has 2 heterocycles. The zero-order valence-corrected chi connectivity index (χ0v) is 9.59. The molecule has 0 aliphatic carbocycles. The first kappa shape index (κ1) is 11.2. The lowest BCUT2D eigenvalue weighted by atomic mass is 10.0. The van der Waals surface area contributed by atoms with Crippen molar-refractivity contribution in [2.45, 2.75) is 25.3 Å². The number of anilines is 1. The molecule has 2 rings (SSSR count). The van der Waals surface area contributed by atoms with E-state index in [0.29, 0.717) is 5.88 Å². The zero-order valence-electron chi connectivity index (χ0n) is 9.59. The van der Waals surface area contributed by atoms with Crippen molar-refractivity contribution in [2.24, 2.45) is 0 Å². The molecule has 1 unspecified atom stereocenters. The van der Waals surface area contributed by atoms with E-state index in [0.717, 1.165) is 18.7 Å². The summed E-state index contributed by atoms with van der Waals surface area (Å²) in [5, 5.41) is 9.36. The van der Waals surface area contributed by atoms with Crippen molar-refractivity contribution in [2.75, 3.05) is 25.2 Å². The SMILES string of the molecule is COc1cc(N2CCCCC2CO)ccn1. The smallest absolute Gasteiger partial charge is 0.214 e. The van der Waals surface area contributed by atoms with E-state index in [-0.39, 0.29) is 12.6 Å². The summed E-state index contributed by atoms with van der Waals surface area (Å²) in [6, 6.07) is 4.13. The van der Waals surface area contributed by atoms with Crippen LogP contribution >= 0.6 is 0 Å². The van der Waals surface area contributed by atoms with Crippen LogP contribution in [0.1, 0.15) is 19.3 Å². The lowest BCUT2D eigenvalue weighted by Gasteiger charge is -2.36. The van der Waals surface area contributed by atoms with E-state index in [2.05, 4.69) is 9.88 Å². The third-order valence-corrected chi connectivity index (χ3v) is 3.10. The van der Waals surface area contributed by atoms with Crippen molar-refractivity contribution >= 4 is 5.69 Å². The van der Waals surface area contributed by atoms with Gasteiger partial charge in [-0.3, -0.25) is 0 Å². The molecule has 16 heavy (non-hydrogen) atoms. The Balaban J connectivity index is 2.20. The molecule has 1 fully saturated rings. The molecule has 0 radical (unpaired) electrons. The number of hydrogen-bond acceptors (Lipinski definition) is 4. The third kappa shape index (κ3) is 2.27. The van der Waals surface area contributed by atoms with Crippen LogP contribution in [-0.4, -0.2) is 36.4 Å². The monoisotopic (exact) mass is 222 g/mol. The van der Waals surface area contributed by atoms with Gasteiger partial charge in [0.05, 0.1) is 19.8 Å². The van der Waals surface area contributed by atoms with Gasteiger partial charge in [0.1, 0.15) is 0 Å². The number of piperidine rings is 1. The number of aromatic nitrogens is 1. The Morgan fingerprint density at radius 1 is 1.56 bits per heavy atom. The third-order valence-electron chi connectivity index (χ3n) is 3.10. The standard InChI is InChI=1S/C12H18N2O2/c1-16-12-8-10(5-6-13-12)14-7-3-2-4-11(14)9-15/h5-6,8,11,15H,2-4,7,9H2,1H3. The van der Waals surface area contributed by atoms with Crippen molar-refractivity contribution in [3.05, 3.63) is 18.3 Å². The van der Waals surface area contributed by atoms with Crippen LogP contribution in [0.2, 0.25) is 0 Å². The van der Waals surface area contributed by atoms with Crippen LogP contribution in [0.5, 0.6) is 5.88 Å². The van der Waals surface area contributed by atoms with Crippen LogP contribution in [0.25, 0.3) is 0 Å². The maximum absolute atomic E-state index is 9.36. The Morgan fingerprint density at radius 3 is 3.19 bits per heavy atom. The second-order valence-electron chi connectivity index (χ2n) is 4.08. The highest BCUT2D eigenvalue weighted by atomic mass is 16.5. The molecule has 1 saturated heterocycles. The number of aliphatic hydroxyl groups is 1. The first-order valence-corrected chi connectivity index (χ1v) is 5.72. The van der Waals surface area contributed by atoms with Crippen LogP contribution in [-0.2, 0) is 0 Å². The molecule has 1 aromatic heterocycles. The second kappa shape index (κ2) is 5.16. The van der Waals surface area contributed by atoms with E-state index >= 15 is 0 Å². The van der Waals surface area contributed by atoms with Gasteiger partial charge in [0.25, 0.3) is 0 Å². The van der Waals surface area contributed by atoms with Gasteiger partial charge in [-0.05, 0) is 25.3 Å². The molecule has 0 spiro atoms. The molecule has 1 aliphatic rings. The summed E-state index contributed by atoms with van der Waals surface area (Å²) in [6.07, 6.45) is 5.18. The van der Waals surface area contributed by atoms with Gasteiger partial charge in [0, 0.05) is 24.5 Å². The average molecular weight is 222 g/mol. The topological polar surface area (TPSA) is 45.6 Å². The summed E-state index contributed by atoms with van der Waals surface area (Å²) >= 11 is 0. The molecule has 88 valence electrons. The molecule has 1 aliphatic heterocycles. The quantitative estimate of drug-likeness (QED) is 0.840. The molecule has 4 nitrogen and oxygen atoms in total. The van der Waals surface area contributed by atoms with Crippen molar-refractivity contribution < 1.29 is 9.84 Å². The summed E-state index contributed by atoms with van der Waals surface area (Å²) < 4.78 is 5.11. The second-order valence-corrected chi connectivity index (χ2v) is 4.08. The van der Waals surface area contributed by atoms with Crippen molar-refractivity contribution in [1.29, 1.82) is 0 Å². The molecule has 0 bridgehead atoms. The molecular formula is C12H18N2O2. The zero-order chi connectivity index (χ0) is 11.4. The van der Waals surface area contributed by atoms with Gasteiger partial charge in [0.15, 0.2) is 0 Å². The highest BCUT2D eigenvalue weighted by Gasteiger charge is 2.22. The van der Waals surface area contributed by atoms with Gasteiger partial charge in [-0.25, -0.2) is 4.98 Å². The predicted octanol–water partition coefficient (Wildman–Crippen LogP) is 1.44. The van der Waals surface area contributed by atoms with Crippen LogP contribution in [0, 0.1) is 0 Å². The fraction of sp³-hybridized carbons (Fsp3) is 0.583. The highest BCUT2D eigenvalue weighted by molar-refractivity contribution is 5.49. The van der Waals surface area contributed by atoms with Gasteiger partial charge in [-0.15, -0.1) is 0 Å². The summed E-state index contributed by atoms with van der Waals surface area (Å²) in [4.78, 5) is 6.34. The molecule has 0 aromatic carbocycles. The maximum Gasteiger partial charge on any atom is 0.214 e. The van der Waals surface area contributed by atoms with Crippen molar-refractivity contribution in [3.8, 4) is 5.88 Å². The minimum Gasteiger partial charge on any atom is -0.481 e. The fourth-order valence-electron chi connectivity index (χ4n) is 2.22. The van der Waals surface area contributed by atoms with E-state index in [1.807, 2.05) is 12.1 Å². The van der Waals surface area contributed by atoms with E-state index in [4.69, 9.17) is 4.74 Å². The Kier molecular flexibility index (Phi) is 3.62. The van der Waals surface area contributed by atoms with Crippen molar-refractivity contribution in [1.82, 2.24) is 4.98 Å². The van der Waals surface area contributed by atoms with Gasteiger partial charge in [0.2, 0.25) is 5.88 Å². The fourth-order valence-corrected chi connectivity index (χ4v) is 2.22. The first-order valence-electron chi connectivity index (χ1n) is 5.72. The number of ether oxygens (including phenoxy) is 1. The Bertz CT molecular complexity index is 344. The lowest BCUT2D eigenvalue weighted by molar-refractivity contribution is 0.240. The van der Waals surface area contributed by atoms with Gasteiger partial charge >= 0.3 is 0 Å². The van der Waals surface area contributed by atoms with E-state index in [1.54, 1.807) is 13.3 Å². The lowest BCUT2D eigenvalue weighted by Crippen LogP contribution is -2.41. The highest BCUT2D eigenvalue weighted by Crippen LogP contribution is 2.26. The predicted molar refractivity (Wildman–Crippen MR) is 62.9 cm³/mol. The number of pyridine rings is 1. The van der Waals surface area contributed by atoms with E-state index in [1.165, 1.54) is 12.8 Å². The number of rotatable bonds is 3. The molecule has 0 amide bonds. The first-order chi connectivity index (χ1) is 7.85. The van der Waals surface area contributed by atoms with Crippen LogP contribution in [0.3, 0.4) is 0 Å². The minimum absolute atomic E-state index is 0.213. The molecular weight excluding hydrogens is 204 g/mol. The summed E-state index contributed by atoms with van der Waals surface area (Å²) in [5.41, 5.74) is 1.09. The number of aliphatic hydroxyl groups excluding tert-OH is 1. The summed E-state index contributed by atoms with van der Waals surface area (Å²) in [7, 11) is 1.62. The molecule has 1 N–H and O–H groups in total. The van der Waals surface area contributed by atoms with Gasteiger partial charge in [-0.2, -0.15) is 0 Å². The maximum atomic E-state index is 9.36. The number of methoxy groups -OCH3 is 1. The molecule has 4 heteroatoms. The molecule has 1 aromatic rings. The Labute approximate surface area is 95.9 Å². The number of nitrogens with zero attached hydrogens (tertiary/aromatic N) is 2. The van der Waals surface area contributed by atoms with Crippen LogP contribution in [0.4, 0.5) is 5.69 Å². The van der Waals surface area contributed by atoms with Crippen molar-refractivity contribution in [3.63, 3.8) is 0 Å². The van der Waals surface area contributed by atoms with E-state index in [9.17, 15) is 5.11 Å². The number of hydrogen-bond donors (Lipinski definition) is 1. The van der Waals surface area contributed by atoms with Gasteiger partial charge < -0.3 is 14.7 Å². The van der Waals surface area contributed by atoms with E-state index < -0.39 is 0 Å². The van der Waals surface area contributed by atoms with Crippen LogP contribution in [0.15, 0.2) is 18.3 Å². The molecule has 1 atom stereocenters. The average Bonchev–Trinajstić information content (AvgIpc) is 2.38. The Morgan fingerprint density at radius 2 is 2.44 bits per heavy atom. The normalized spacial score (nSPS) is 20.9. The minimum atomic E-state index is 0.213. The molecule has 0 saturated carbocycles. The summed E-state index contributed by atoms with van der Waals surface area (Å²) in [6.45, 7) is 1.21. The van der Waals surface area contributed by atoms with Crippen LogP contribution < -0.4 is 9.64 Å².